The molecule has 0 aliphatic carbocycles. The number of carbonyl (C=O) groups excluding carboxylic acids is 2. The Kier molecular flexibility index (Phi) is 4.38. The zero-order valence-electron chi connectivity index (χ0n) is 14.3. The summed E-state index contributed by atoms with van der Waals surface area (Å²) >= 11 is 0. The van der Waals surface area contributed by atoms with Gasteiger partial charge in [0.15, 0.2) is 11.5 Å². The molecule has 2 amide bonds. The lowest BCUT2D eigenvalue weighted by Gasteiger charge is -2.27. The summed E-state index contributed by atoms with van der Waals surface area (Å²) in [7, 11) is 0. The molecule has 1 unspecified atom stereocenters. The van der Waals surface area contributed by atoms with Crippen molar-refractivity contribution in [3.8, 4) is 0 Å². The fraction of sp³-hybridized carbons (Fsp3) is 0.556. The average Bonchev–Trinajstić information content (AvgIpc) is 3.21. The Morgan fingerprint density at radius 1 is 1.12 bits per heavy atom. The monoisotopic (exact) mass is 341 g/mol. The van der Waals surface area contributed by atoms with E-state index in [1.54, 1.807) is 4.90 Å². The van der Waals surface area contributed by atoms with E-state index in [0.29, 0.717) is 19.5 Å². The number of amides is 2. The molecule has 2 aliphatic rings. The van der Waals surface area contributed by atoms with Gasteiger partial charge in [0.1, 0.15) is 0 Å². The Bertz CT molecular complexity index is 787. The number of pyridine rings is 1. The van der Waals surface area contributed by atoms with Gasteiger partial charge in [0.05, 0.1) is 12.6 Å². The average molecular weight is 341 g/mol. The summed E-state index contributed by atoms with van der Waals surface area (Å²) < 4.78 is 1.95. The van der Waals surface area contributed by atoms with Crippen molar-refractivity contribution in [1.82, 2.24) is 24.4 Å². The molecule has 0 N–H and O–H groups in total. The summed E-state index contributed by atoms with van der Waals surface area (Å²) in [5.41, 5.74) is 0.791. The van der Waals surface area contributed by atoms with Crippen LogP contribution in [0.4, 0.5) is 0 Å². The molecule has 2 aliphatic heterocycles. The van der Waals surface area contributed by atoms with Crippen molar-refractivity contribution in [1.29, 1.82) is 0 Å². The van der Waals surface area contributed by atoms with Crippen LogP contribution in [0.3, 0.4) is 0 Å². The predicted octanol–water partition coefficient (Wildman–Crippen LogP) is 1.80. The van der Waals surface area contributed by atoms with Gasteiger partial charge in [-0.1, -0.05) is 12.5 Å². The third-order valence-electron chi connectivity index (χ3n) is 5.21. The molecule has 7 heteroatoms. The molecule has 0 bridgehead atoms. The maximum Gasteiger partial charge on any atom is 0.242 e. The predicted molar refractivity (Wildman–Crippen MR) is 91.7 cm³/mol. The molecule has 132 valence electrons. The quantitative estimate of drug-likeness (QED) is 0.853. The first-order valence-corrected chi connectivity index (χ1v) is 9.11. The summed E-state index contributed by atoms with van der Waals surface area (Å²) in [5.74, 6) is 0.934. The number of carbonyl (C=O) groups is 2. The van der Waals surface area contributed by atoms with Crippen LogP contribution in [0.2, 0.25) is 0 Å². The van der Waals surface area contributed by atoms with Crippen LogP contribution in [0.1, 0.15) is 50.4 Å². The van der Waals surface area contributed by atoms with Crippen LogP contribution in [0.15, 0.2) is 24.4 Å². The van der Waals surface area contributed by atoms with Crippen molar-refractivity contribution in [2.75, 3.05) is 19.6 Å². The Balaban J connectivity index is 1.53. The largest absolute Gasteiger partial charge is 0.333 e. The first kappa shape index (κ1) is 16.1. The zero-order chi connectivity index (χ0) is 17.2. The minimum atomic E-state index is -0.0630. The van der Waals surface area contributed by atoms with E-state index in [-0.39, 0.29) is 24.4 Å². The Morgan fingerprint density at radius 2 is 2.04 bits per heavy atom. The minimum Gasteiger partial charge on any atom is -0.333 e. The highest BCUT2D eigenvalue weighted by molar-refractivity contribution is 5.85. The molecule has 25 heavy (non-hydrogen) atoms. The molecule has 1 atom stereocenters. The van der Waals surface area contributed by atoms with Crippen molar-refractivity contribution in [2.24, 2.45) is 0 Å². The van der Waals surface area contributed by atoms with Crippen LogP contribution < -0.4 is 0 Å². The first-order valence-electron chi connectivity index (χ1n) is 9.11. The van der Waals surface area contributed by atoms with E-state index in [9.17, 15) is 9.59 Å². The number of aromatic nitrogens is 3. The molecule has 2 aromatic rings. The van der Waals surface area contributed by atoms with Crippen molar-refractivity contribution in [3.05, 3.63) is 30.2 Å². The van der Waals surface area contributed by atoms with Gasteiger partial charge in [0.2, 0.25) is 11.8 Å². The third kappa shape index (κ3) is 3.10. The SMILES string of the molecule is O=C1CCCCCN1CC(=O)N1CCCC1c1nnc2ccccn12. The molecule has 2 aromatic heterocycles. The summed E-state index contributed by atoms with van der Waals surface area (Å²) in [6.45, 7) is 1.59. The second-order valence-electron chi connectivity index (χ2n) is 6.86. The van der Waals surface area contributed by atoms with E-state index in [2.05, 4.69) is 10.2 Å². The third-order valence-corrected chi connectivity index (χ3v) is 5.21. The standard InChI is InChI=1S/C18H23N5O2/c24-16-9-2-1-4-10-21(16)13-17(25)22-12-6-7-14(22)18-20-19-15-8-3-5-11-23(15)18/h3,5,8,11,14H,1-2,4,6-7,9-10,12-13H2. The van der Waals surface area contributed by atoms with Gasteiger partial charge in [-0.2, -0.15) is 0 Å². The van der Waals surface area contributed by atoms with Gasteiger partial charge < -0.3 is 9.80 Å². The second-order valence-corrected chi connectivity index (χ2v) is 6.86. The summed E-state index contributed by atoms with van der Waals surface area (Å²) in [5, 5.41) is 8.53. The normalized spacial score (nSPS) is 21.8. The molecular formula is C18H23N5O2. The van der Waals surface area contributed by atoms with Crippen LogP contribution in [0, 0.1) is 0 Å². The van der Waals surface area contributed by atoms with Gasteiger partial charge in [-0.15, -0.1) is 10.2 Å². The molecule has 0 spiro atoms. The van der Waals surface area contributed by atoms with Gasteiger partial charge in [0.25, 0.3) is 0 Å². The molecule has 7 nitrogen and oxygen atoms in total. The molecular weight excluding hydrogens is 318 g/mol. The van der Waals surface area contributed by atoms with E-state index in [4.69, 9.17) is 0 Å². The number of nitrogens with zero attached hydrogens (tertiary/aromatic N) is 5. The fourth-order valence-corrected chi connectivity index (χ4v) is 3.88. The highest BCUT2D eigenvalue weighted by atomic mass is 16.2. The molecule has 0 saturated carbocycles. The van der Waals surface area contributed by atoms with Crippen LogP contribution >= 0.6 is 0 Å². The van der Waals surface area contributed by atoms with Gasteiger partial charge in [-0.05, 0) is 37.8 Å². The molecule has 0 radical (unpaired) electrons. The van der Waals surface area contributed by atoms with E-state index in [1.165, 1.54) is 0 Å². The van der Waals surface area contributed by atoms with Crippen molar-refractivity contribution in [3.63, 3.8) is 0 Å². The molecule has 0 aromatic carbocycles. The van der Waals surface area contributed by atoms with Crippen LogP contribution in [0.5, 0.6) is 0 Å². The lowest BCUT2D eigenvalue weighted by atomic mass is 10.2. The number of hydrogen-bond donors (Lipinski definition) is 0. The number of fused-ring (bicyclic) bond motifs is 1. The smallest absolute Gasteiger partial charge is 0.242 e. The van der Waals surface area contributed by atoms with Crippen molar-refractivity contribution < 1.29 is 9.59 Å². The van der Waals surface area contributed by atoms with Crippen LogP contribution in [-0.4, -0.2) is 55.8 Å². The fourth-order valence-electron chi connectivity index (χ4n) is 3.88. The van der Waals surface area contributed by atoms with Gasteiger partial charge >= 0.3 is 0 Å². The number of likely N-dealkylation sites (tertiary alicyclic amines) is 2. The van der Waals surface area contributed by atoms with E-state index < -0.39 is 0 Å². The molecule has 2 fully saturated rings. The topological polar surface area (TPSA) is 70.8 Å². The van der Waals surface area contributed by atoms with Crippen LogP contribution in [0.25, 0.3) is 5.65 Å². The second kappa shape index (κ2) is 6.82. The molecule has 4 heterocycles. The Labute approximate surface area is 146 Å². The van der Waals surface area contributed by atoms with Crippen molar-refractivity contribution >= 4 is 17.5 Å². The summed E-state index contributed by atoms with van der Waals surface area (Å²) in [4.78, 5) is 28.7. The Hall–Kier alpha value is -2.44. The lowest BCUT2D eigenvalue weighted by molar-refractivity contribution is -0.140. The highest BCUT2D eigenvalue weighted by Gasteiger charge is 2.34. The van der Waals surface area contributed by atoms with Gasteiger partial charge in [-0.3, -0.25) is 14.0 Å². The van der Waals surface area contributed by atoms with E-state index >= 15 is 0 Å². The molecule has 2 saturated heterocycles. The van der Waals surface area contributed by atoms with Gasteiger partial charge in [-0.25, -0.2) is 0 Å². The first-order chi connectivity index (χ1) is 12.2. The van der Waals surface area contributed by atoms with Gasteiger partial charge in [0, 0.05) is 25.7 Å². The molecule has 4 rings (SSSR count). The number of hydrogen-bond acceptors (Lipinski definition) is 4. The zero-order valence-corrected chi connectivity index (χ0v) is 14.3. The van der Waals surface area contributed by atoms with Crippen molar-refractivity contribution in [2.45, 2.75) is 44.6 Å². The van der Waals surface area contributed by atoms with Crippen LogP contribution in [-0.2, 0) is 9.59 Å². The van der Waals surface area contributed by atoms with E-state index in [1.807, 2.05) is 33.7 Å². The summed E-state index contributed by atoms with van der Waals surface area (Å²) in [6.07, 6.45) is 7.31. The number of rotatable bonds is 3. The maximum absolute atomic E-state index is 12.9. The maximum atomic E-state index is 12.9. The minimum absolute atomic E-state index is 0.0189. The lowest BCUT2D eigenvalue weighted by Crippen LogP contribution is -2.42. The summed E-state index contributed by atoms with van der Waals surface area (Å²) in [6, 6.07) is 5.72. The highest BCUT2D eigenvalue weighted by Crippen LogP contribution is 2.31. The van der Waals surface area contributed by atoms with E-state index in [0.717, 1.165) is 43.6 Å². The Morgan fingerprint density at radius 3 is 2.96 bits per heavy atom.